The molecule has 1 aromatic carbocycles. The van der Waals surface area contributed by atoms with Crippen molar-refractivity contribution in [3.8, 4) is 0 Å². The Hall–Kier alpha value is 0.0500. The molecule has 0 aliphatic rings. The highest BCUT2D eigenvalue weighted by molar-refractivity contribution is 9.09. The molecular formula is C16H25BrS. The highest BCUT2D eigenvalue weighted by atomic mass is 79.9. The molecule has 0 saturated heterocycles. The van der Waals surface area contributed by atoms with Crippen LogP contribution in [-0.4, -0.2) is 11.1 Å². The monoisotopic (exact) mass is 328 g/mol. The Morgan fingerprint density at radius 1 is 1.11 bits per heavy atom. The second-order valence-electron chi connectivity index (χ2n) is 5.35. The standard InChI is InChI=1S/C16H25BrS/c1-5-16(6-2,11-17)12-18-15-9-7-14(8-10-15)13(3)4/h7-10,13H,5-6,11-12H2,1-4H3. The van der Waals surface area contributed by atoms with Gasteiger partial charge in [0.25, 0.3) is 0 Å². The van der Waals surface area contributed by atoms with E-state index in [9.17, 15) is 0 Å². The Balaban J connectivity index is 2.62. The predicted octanol–water partition coefficient (Wildman–Crippen LogP) is 6.10. The van der Waals surface area contributed by atoms with E-state index >= 15 is 0 Å². The molecule has 0 nitrogen and oxygen atoms in total. The van der Waals surface area contributed by atoms with Crippen molar-refractivity contribution < 1.29 is 0 Å². The van der Waals surface area contributed by atoms with E-state index in [1.54, 1.807) is 0 Å². The van der Waals surface area contributed by atoms with E-state index in [0.29, 0.717) is 11.3 Å². The van der Waals surface area contributed by atoms with Crippen LogP contribution >= 0.6 is 27.7 Å². The molecule has 1 rings (SSSR count). The predicted molar refractivity (Wildman–Crippen MR) is 88.1 cm³/mol. The number of thioether (sulfide) groups is 1. The van der Waals surface area contributed by atoms with Crippen LogP contribution in [0.15, 0.2) is 29.2 Å². The molecule has 102 valence electrons. The van der Waals surface area contributed by atoms with Crippen LogP contribution in [0.1, 0.15) is 52.0 Å². The minimum absolute atomic E-state index is 0.446. The van der Waals surface area contributed by atoms with Crippen LogP contribution in [0, 0.1) is 5.41 Å². The van der Waals surface area contributed by atoms with E-state index < -0.39 is 0 Å². The molecule has 0 aliphatic heterocycles. The first-order valence-electron chi connectivity index (χ1n) is 6.85. The molecule has 2 heteroatoms. The molecule has 18 heavy (non-hydrogen) atoms. The zero-order chi connectivity index (χ0) is 13.6. The molecule has 0 radical (unpaired) electrons. The van der Waals surface area contributed by atoms with E-state index in [1.165, 1.54) is 29.1 Å². The summed E-state index contributed by atoms with van der Waals surface area (Å²) in [6.07, 6.45) is 2.48. The first-order chi connectivity index (χ1) is 8.56. The fourth-order valence-corrected chi connectivity index (χ4v) is 4.43. The van der Waals surface area contributed by atoms with Crippen molar-refractivity contribution in [1.29, 1.82) is 0 Å². The average Bonchev–Trinajstić information content (AvgIpc) is 2.41. The maximum absolute atomic E-state index is 3.68. The van der Waals surface area contributed by atoms with Gasteiger partial charge in [-0.15, -0.1) is 11.8 Å². The molecule has 0 atom stereocenters. The first-order valence-corrected chi connectivity index (χ1v) is 8.96. The lowest BCUT2D eigenvalue weighted by atomic mass is 9.87. The highest BCUT2D eigenvalue weighted by Gasteiger charge is 2.24. The Labute approximate surface area is 125 Å². The van der Waals surface area contributed by atoms with Gasteiger partial charge in [0.05, 0.1) is 0 Å². The Kier molecular flexibility index (Phi) is 6.79. The molecule has 0 heterocycles. The van der Waals surface area contributed by atoms with Gasteiger partial charge in [-0.3, -0.25) is 0 Å². The quantitative estimate of drug-likeness (QED) is 0.430. The van der Waals surface area contributed by atoms with Gasteiger partial charge in [0.1, 0.15) is 0 Å². The van der Waals surface area contributed by atoms with Gasteiger partial charge in [-0.2, -0.15) is 0 Å². The number of alkyl halides is 1. The summed E-state index contributed by atoms with van der Waals surface area (Å²) in [4.78, 5) is 1.40. The lowest BCUT2D eigenvalue weighted by Crippen LogP contribution is -2.23. The molecule has 0 fully saturated rings. The largest absolute Gasteiger partial charge is 0.126 e. The van der Waals surface area contributed by atoms with E-state index in [1.807, 2.05) is 11.8 Å². The minimum Gasteiger partial charge on any atom is -0.126 e. The van der Waals surface area contributed by atoms with E-state index in [-0.39, 0.29) is 0 Å². The van der Waals surface area contributed by atoms with E-state index in [4.69, 9.17) is 0 Å². The van der Waals surface area contributed by atoms with E-state index in [0.717, 1.165) is 5.33 Å². The zero-order valence-electron chi connectivity index (χ0n) is 12.0. The van der Waals surface area contributed by atoms with Crippen LogP contribution in [0.25, 0.3) is 0 Å². The summed E-state index contributed by atoms with van der Waals surface area (Å²) in [7, 11) is 0. The molecule has 0 aliphatic carbocycles. The van der Waals surface area contributed by atoms with Crippen LogP contribution in [0.3, 0.4) is 0 Å². The lowest BCUT2D eigenvalue weighted by Gasteiger charge is -2.29. The zero-order valence-corrected chi connectivity index (χ0v) is 14.4. The first kappa shape index (κ1) is 16.1. The Bertz CT molecular complexity index is 330. The average molecular weight is 329 g/mol. The fourth-order valence-electron chi connectivity index (χ4n) is 1.87. The van der Waals surface area contributed by atoms with Gasteiger partial charge >= 0.3 is 0 Å². The molecule has 0 aromatic heterocycles. The molecule has 1 aromatic rings. The van der Waals surface area contributed by atoms with Crippen LogP contribution < -0.4 is 0 Å². The normalized spacial score (nSPS) is 12.1. The summed E-state index contributed by atoms with van der Waals surface area (Å²) in [6.45, 7) is 9.08. The molecule has 0 amide bonds. The third-order valence-electron chi connectivity index (χ3n) is 3.88. The lowest BCUT2D eigenvalue weighted by molar-refractivity contribution is 0.359. The molecule has 0 N–H and O–H groups in total. The van der Waals surface area contributed by atoms with Crippen LogP contribution in [0.5, 0.6) is 0 Å². The van der Waals surface area contributed by atoms with Crippen LogP contribution in [0.2, 0.25) is 0 Å². The van der Waals surface area contributed by atoms with Crippen molar-refractivity contribution >= 4 is 27.7 Å². The second kappa shape index (κ2) is 7.59. The summed E-state index contributed by atoms with van der Waals surface area (Å²) in [5.74, 6) is 1.82. The van der Waals surface area contributed by atoms with Gasteiger partial charge in [0.15, 0.2) is 0 Å². The van der Waals surface area contributed by atoms with Crippen molar-refractivity contribution in [3.63, 3.8) is 0 Å². The third-order valence-corrected chi connectivity index (χ3v) is 6.43. The van der Waals surface area contributed by atoms with Crippen molar-refractivity contribution in [1.82, 2.24) is 0 Å². The van der Waals surface area contributed by atoms with Gasteiger partial charge in [-0.05, 0) is 41.9 Å². The summed E-state index contributed by atoms with van der Waals surface area (Å²) >= 11 is 5.68. The SMILES string of the molecule is CCC(CC)(CBr)CSc1ccc(C(C)C)cc1. The highest BCUT2D eigenvalue weighted by Crippen LogP contribution is 2.35. The van der Waals surface area contributed by atoms with Gasteiger partial charge in [-0.1, -0.05) is 55.8 Å². The van der Waals surface area contributed by atoms with Crippen LogP contribution in [0.4, 0.5) is 0 Å². The van der Waals surface area contributed by atoms with Crippen molar-refractivity contribution in [3.05, 3.63) is 29.8 Å². The second-order valence-corrected chi connectivity index (χ2v) is 6.96. The molecule has 0 bridgehead atoms. The minimum atomic E-state index is 0.446. The summed E-state index contributed by atoms with van der Waals surface area (Å²) in [5.41, 5.74) is 1.87. The molecule has 0 saturated carbocycles. The summed E-state index contributed by atoms with van der Waals surface area (Å²) in [6, 6.07) is 9.07. The maximum Gasteiger partial charge on any atom is 0.00957 e. The van der Waals surface area contributed by atoms with Crippen molar-refractivity contribution in [2.45, 2.75) is 51.3 Å². The summed E-state index contributed by atoms with van der Waals surface area (Å²) < 4.78 is 0. The maximum atomic E-state index is 3.68. The Morgan fingerprint density at radius 2 is 1.67 bits per heavy atom. The number of hydrogen-bond donors (Lipinski definition) is 0. The number of benzene rings is 1. The summed E-state index contributed by atoms with van der Waals surface area (Å²) in [5, 5.41) is 1.10. The number of rotatable bonds is 7. The Morgan fingerprint density at radius 3 is 2.06 bits per heavy atom. The van der Waals surface area contributed by atoms with Crippen molar-refractivity contribution in [2.75, 3.05) is 11.1 Å². The number of hydrogen-bond acceptors (Lipinski definition) is 1. The fraction of sp³-hybridized carbons (Fsp3) is 0.625. The van der Waals surface area contributed by atoms with Crippen LogP contribution in [-0.2, 0) is 0 Å². The molecule has 0 unspecified atom stereocenters. The van der Waals surface area contributed by atoms with Gasteiger partial charge < -0.3 is 0 Å². The van der Waals surface area contributed by atoms with Gasteiger partial charge in [0.2, 0.25) is 0 Å². The molecule has 0 spiro atoms. The smallest absolute Gasteiger partial charge is 0.00957 e. The molecular weight excluding hydrogens is 304 g/mol. The van der Waals surface area contributed by atoms with Gasteiger partial charge in [-0.25, -0.2) is 0 Å². The van der Waals surface area contributed by atoms with Crippen molar-refractivity contribution in [2.24, 2.45) is 5.41 Å². The van der Waals surface area contributed by atoms with Gasteiger partial charge in [0, 0.05) is 16.0 Å². The number of halogens is 1. The topological polar surface area (TPSA) is 0 Å². The van der Waals surface area contributed by atoms with E-state index in [2.05, 4.69) is 67.9 Å². The third kappa shape index (κ3) is 4.31.